The molecule has 0 N–H and O–H groups in total. The van der Waals surface area contributed by atoms with E-state index in [1.54, 1.807) is 0 Å². The van der Waals surface area contributed by atoms with Gasteiger partial charge in [0.15, 0.2) is 0 Å². The maximum Gasteiger partial charge on any atom is 0.269 e. The van der Waals surface area contributed by atoms with Gasteiger partial charge in [0, 0.05) is 34.9 Å². The third kappa shape index (κ3) is 6.53. The van der Waals surface area contributed by atoms with Crippen molar-refractivity contribution in [2.45, 2.75) is 38.0 Å². The van der Waals surface area contributed by atoms with Crippen molar-refractivity contribution >= 4 is 32.8 Å². The molecule has 364 valence electrons. The Bertz CT molecular complexity index is 4570. The Labute approximate surface area is 447 Å². The van der Waals surface area contributed by atoms with E-state index in [4.69, 9.17) is 9.72 Å². The summed E-state index contributed by atoms with van der Waals surface area (Å²) in [5.74, 6) is 2.75. The highest BCUT2D eigenvalue weighted by atomic mass is 16.5. The fourth-order valence-electron chi connectivity index (χ4n) is 13.3. The number of benzene rings is 10. The molecule has 0 radical (unpaired) electrons. The molecule has 2 bridgehead atoms. The van der Waals surface area contributed by atoms with Gasteiger partial charge in [-0.15, -0.1) is 0 Å². The maximum atomic E-state index is 6.87. The number of nitrogens with zero attached hydrogens (tertiary/aromatic N) is 4. The minimum atomic E-state index is -0.0248. The number of hydrogen-bond acceptors (Lipinski definition) is 2. The molecule has 3 aromatic heterocycles. The predicted octanol–water partition coefficient (Wildman–Crippen LogP) is 17.3. The Morgan fingerprint density at radius 3 is 1.84 bits per heavy atom. The van der Waals surface area contributed by atoms with Crippen LogP contribution in [0.5, 0.6) is 11.5 Å². The van der Waals surface area contributed by atoms with E-state index >= 15 is 0 Å². The molecule has 0 saturated heterocycles. The van der Waals surface area contributed by atoms with Gasteiger partial charge < -0.3 is 4.74 Å². The minimum absolute atomic E-state index is 0.0248. The monoisotopic (exact) mass is 986 g/mol. The maximum absolute atomic E-state index is 6.87. The first-order valence-electron chi connectivity index (χ1n) is 26.8. The molecule has 4 heterocycles. The normalized spacial score (nSPS) is 14.7. The second-order valence-corrected chi connectivity index (χ2v) is 22.0. The number of pyridine rings is 1. The number of rotatable bonds is 5. The van der Waals surface area contributed by atoms with Crippen LogP contribution in [0.4, 0.5) is 0 Å². The summed E-state index contributed by atoms with van der Waals surface area (Å²) in [6, 6.07) is 84.6. The van der Waals surface area contributed by atoms with Gasteiger partial charge in [0.25, 0.3) is 6.33 Å². The molecule has 4 aliphatic rings. The molecule has 77 heavy (non-hydrogen) atoms. The zero-order valence-electron chi connectivity index (χ0n) is 42.9. The van der Waals surface area contributed by atoms with Crippen molar-refractivity contribution in [3.63, 3.8) is 0 Å². The highest BCUT2D eigenvalue weighted by Crippen LogP contribution is 2.57. The standard InChI is InChI=1S/C72H50N4O/c1-72(2,3)45-37-38-73-67(40-45)76-64-31-13-10-21-52(64)53-36-34-48(42-66(53)76)77-47-18-14-17-46(41-47)74-43-75-63-30-12-11-26-61(63)68-49(27-15-28-54(68)50-19-4-5-20-51(50)60-29-16-32-65(74)71(60)75)44-33-35-59-62(39-44)70-57-24-8-6-22-55(57)69(59)56-23-7-9-25-58(56)70/h4-42,69-70H,1-3H3. The van der Waals surface area contributed by atoms with Crippen molar-refractivity contribution in [1.29, 1.82) is 0 Å². The number of fused-ring (bicyclic) bond motifs is 10. The number of aromatic nitrogens is 4. The van der Waals surface area contributed by atoms with Gasteiger partial charge in [-0.2, -0.15) is 0 Å². The van der Waals surface area contributed by atoms with Crippen LogP contribution < -0.4 is 9.30 Å². The van der Waals surface area contributed by atoms with E-state index in [1.165, 1.54) is 77.7 Å². The van der Waals surface area contributed by atoms with Crippen molar-refractivity contribution < 1.29 is 9.30 Å². The van der Waals surface area contributed by atoms with Gasteiger partial charge in [-0.25, -0.2) is 4.98 Å². The molecule has 13 aromatic rings. The summed E-state index contributed by atoms with van der Waals surface area (Å²) >= 11 is 0. The number of para-hydroxylation sites is 3. The summed E-state index contributed by atoms with van der Waals surface area (Å²) in [6.07, 6.45) is 5.86. The van der Waals surface area contributed by atoms with Crippen molar-refractivity contribution in [1.82, 2.24) is 14.1 Å². The molecule has 0 fully saturated rings. The summed E-state index contributed by atoms with van der Waals surface area (Å²) in [5, 5.41) is 2.32. The molecular weight excluding hydrogens is 937 g/mol. The average Bonchev–Trinajstić information content (AvgIpc) is 4.19. The lowest BCUT2D eigenvalue weighted by atomic mass is 9.61. The van der Waals surface area contributed by atoms with E-state index in [-0.39, 0.29) is 17.3 Å². The first-order chi connectivity index (χ1) is 37.8. The molecule has 3 aliphatic carbocycles. The lowest BCUT2D eigenvalue weighted by molar-refractivity contribution is -0.571. The van der Waals surface area contributed by atoms with Crippen LogP contribution >= 0.6 is 0 Å². The van der Waals surface area contributed by atoms with Gasteiger partial charge in [-0.3, -0.25) is 13.7 Å². The summed E-state index contributed by atoms with van der Waals surface area (Å²) in [5.41, 5.74) is 25.5. The van der Waals surface area contributed by atoms with E-state index in [0.29, 0.717) is 0 Å². The first-order valence-corrected chi connectivity index (χ1v) is 26.8. The number of hydrogen-bond donors (Lipinski definition) is 0. The van der Waals surface area contributed by atoms with Gasteiger partial charge in [0.1, 0.15) is 17.3 Å². The highest BCUT2D eigenvalue weighted by molar-refractivity contribution is 6.09. The van der Waals surface area contributed by atoms with Crippen LogP contribution in [-0.2, 0) is 5.41 Å². The molecule has 0 amide bonds. The largest absolute Gasteiger partial charge is 0.458 e. The van der Waals surface area contributed by atoms with E-state index in [9.17, 15) is 0 Å². The van der Waals surface area contributed by atoms with Crippen LogP contribution in [0.15, 0.2) is 237 Å². The Hall–Kier alpha value is -9.58. The van der Waals surface area contributed by atoms with Crippen molar-refractivity contribution in [3.8, 4) is 73.2 Å². The molecule has 17 rings (SSSR count). The smallest absolute Gasteiger partial charge is 0.269 e. The lowest BCUT2D eigenvalue weighted by Gasteiger charge is -2.42. The topological polar surface area (TPSA) is 35.9 Å². The van der Waals surface area contributed by atoms with E-state index in [0.717, 1.165) is 67.3 Å². The third-order valence-electron chi connectivity index (χ3n) is 16.7. The number of imidazole rings is 1. The molecule has 0 spiro atoms. The van der Waals surface area contributed by atoms with E-state index in [2.05, 4.69) is 265 Å². The SMILES string of the molecule is CC(C)(C)c1ccnc(-n2c3ccccc3c3ccc(Oc4cccc(-n5[c-][n+]6c7c(cccc75)-c5ccccc5-c5cccc(-c7ccc8c(c7)C7c9ccccc9C8c8ccccc87)c5-c5ccccc5-6)c4)cc32)c1. The molecule has 5 nitrogen and oxygen atoms in total. The van der Waals surface area contributed by atoms with Crippen LogP contribution in [-0.4, -0.2) is 14.1 Å². The summed E-state index contributed by atoms with van der Waals surface area (Å²) < 4.78 is 13.6. The molecule has 0 atom stereocenters. The molecule has 5 heteroatoms. The second kappa shape index (κ2) is 16.5. The quantitative estimate of drug-likeness (QED) is 0.127. The Morgan fingerprint density at radius 2 is 1.05 bits per heavy atom. The summed E-state index contributed by atoms with van der Waals surface area (Å²) in [4.78, 5) is 4.92. The zero-order chi connectivity index (χ0) is 51.1. The highest BCUT2D eigenvalue weighted by Gasteiger charge is 2.41. The minimum Gasteiger partial charge on any atom is -0.458 e. The molecule has 10 aromatic carbocycles. The van der Waals surface area contributed by atoms with Gasteiger partial charge in [0.2, 0.25) is 0 Å². The van der Waals surface area contributed by atoms with Crippen LogP contribution in [0.3, 0.4) is 0 Å². The van der Waals surface area contributed by atoms with Crippen LogP contribution in [0.2, 0.25) is 0 Å². The van der Waals surface area contributed by atoms with E-state index < -0.39 is 0 Å². The average molecular weight is 987 g/mol. The van der Waals surface area contributed by atoms with Crippen LogP contribution in [0.25, 0.3) is 94.5 Å². The molecule has 1 aliphatic heterocycles. The fraction of sp³-hybridized carbons (Fsp3) is 0.0833. The third-order valence-corrected chi connectivity index (χ3v) is 16.7. The summed E-state index contributed by atoms with van der Waals surface area (Å²) in [6.45, 7) is 6.73. The van der Waals surface area contributed by atoms with Gasteiger partial charge >= 0.3 is 0 Å². The molecule has 0 unspecified atom stereocenters. The predicted molar refractivity (Wildman–Crippen MR) is 311 cm³/mol. The van der Waals surface area contributed by atoms with Gasteiger partial charge in [-0.05, 0) is 150 Å². The van der Waals surface area contributed by atoms with Gasteiger partial charge in [0.05, 0.1) is 33.4 Å². The van der Waals surface area contributed by atoms with Crippen LogP contribution in [0.1, 0.15) is 71.6 Å². The number of ether oxygens (including phenoxy) is 1. The Morgan fingerprint density at radius 1 is 0.455 bits per heavy atom. The van der Waals surface area contributed by atoms with Gasteiger partial charge in [-0.1, -0.05) is 185 Å². The van der Waals surface area contributed by atoms with Crippen LogP contribution in [0, 0.1) is 6.33 Å². The Balaban J connectivity index is 0.839. The molecule has 0 saturated carbocycles. The molecular formula is C72H50N4O. The van der Waals surface area contributed by atoms with Crippen molar-refractivity contribution in [3.05, 3.63) is 282 Å². The lowest BCUT2D eigenvalue weighted by Crippen LogP contribution is -2.30. The van der Waals surface area contributed by atoms with E-state index in [1.807, 2.05) is 12.3 Å². The Kier molecular flexibility index (Phi) is 9.36. The zero-order valence-corrected chi connectivity index (χ0v) is 42.9. The first kappa shape index (κ1) is 43.8. The second-order valence-electron chi connectivity index (χ2n) is 22.0. The van der Waals surface area contributed by atoms with Crippen molar-refractivity contribution in [2.75, 3.05) is 0 Å². The summed E-state index contributed by atoms with van der Waals surface area (Å²) in [7, 11) is 0. The fourth-order valence-corrected chi connectivity index (χ4v) is 13.3. The van der Waals surface area contributed by atoms with Crippen molar-refractivity contribution in [2.24, 2.45) is 0 Å².